The van der Waals surface area contributed by atoms with Crippen LogP contribution in [-0.2, 0) is 18.3 Å². The molecule has 3 aliphatic rings. The van der Waals surface area contributed by atoms with Crippen LogP contribution in [0.1, 0.15) is 47.2 Å². The Bertz CT molecular complexity index is 11600. The van der Waals surface area contributed by atoms with Crippen LogP contribution in [0.3, 0.4) is 0 Å². The summed E-state index contributed by atoms with van der Waals surface area (Å²) in [5.74, 6) is 0. The minimum Gasteiger partial charge on any atom is -0.455 e. The zero-order chi connectivity index (χ0) is 97.0. The van der Waals surface area contributed by atoms with Gasteiger partial charge in [-0.1, -0.05) is 408 Å². The van der Waals surface area contributed by atoms with E-state index in [1.54, 1.807) is 0 Å². The van der Waals surface area contributed by atoms with E-state index in [1.165, 1.54) is 319 Å². The number of hydrogen-bond donors (Lipinski definition) is 3. The van der Waals surface area contributed by atoms with E-state index in [1.807, 2.05) is 22.7 Å². The van der Waals surface area contributed by atoms with E-state index in [0.717, 1.165) is 24.0 Å². The molecule has 0 aliphatic heterocycles. The molecule has 7 heterocycles. The summed E-state index contributed by atoms with van der Waals surface area (Å²) in [5, 5.41) is 44.6. The normalized spacial score (nSPS) is 12.9. The molecule has 0 unspecified atom stereocenters. The second kappa shape index (κ2) is 31.9. The van der Waals surface area contributed by atoms with Gasteiger partial charge >= 0.3 is 0 Å². The number of thiophene rings is 2. The van der Waals surface area contributed by atoms with Gasteiger partial charge in [0.2, 0.25) is 0 Å². The fourth-order valence-corrected chi connectivity index (χ4v) is 29.1. The summed E-state index contributed by atoms with van der Waals surface area (Å²) in [6, 6.07) is 165. The largest absolute Gasteiger partial charge is 0.455 e. The third-order valence-electron chi connectivity index (χ3n) is 33.0. The van der Waals surface area contributed by atoms with Crippen molar-refractivity contribution >= 4 is 280 Å². The molecule has 0 amide bonds. The van der Waals surface area contributed by atoms with Crippen molar-refractivity contribution in [1.82, 2.24) is 19.5 Å². The van der Waals surface area contributed by atoms with Crippen LogP contribution >= 0.6 is 22.7 Å². The summed E-state index contributed by atoms with van der Waals surface area (Å²) in [5.41, 5.74) is 30.0. The smallest absolute Gasteiger partial charge is 0.143 e. The Balaban J connectivity index is 0.0000000822. The summed E-state index contributed by atoms with van der Waals surface area (Å²) < 4.78 is 14.5. The number of hydrogen-bond acceptors (Lipinski definition) is 3. The minimum absolute atomic E-state index is 0.0154. The molecule has 0 radical (unpaired) electrons. The highest BCUT2D eigenvalue weighted by Gasteiger charge is 2.38. The topological polar surface area (TPSA) is 65.4 Å². The van der Waals surface area contributed by atoms with Gasteiger partial charge in [-0.05, 0) is 215 Å². The maximum absolute atomic E-state index is 6.50. The van der Waals surface area contributed by atoms with Crippen molar-refractivity contribution in [3.63, 3.8) is 0 Å². The van der Waals surface area contributed by atoms with Gasteiger partial charge < -0.3 is 23.9 Å². The van der Waals surface area contributed by atoms with Gasteiger partial charge in [0, 0.05) is 143 Å². The van der Waals surface area contributed by atoms with E-state index >= 15 is 0 Å². The van der Waals surface area contributed by atoms with Gasteiger partial charge in [0.1, 0.15) is 11.2 Å². The number of para-hydroxylation sites is 1. The molecule has 5 nitrogen and oxygen atoms in total. The van der Waals surface area contributed by atoms with Crippen LogP contribution in [0.5, 0.6) is 0 Å². The third kappa shape index (κ3) is 12.0. The van der Waals surface area contributed by atoms with Gasteiger partial charge in [-0.15, -0.1) is 22.7 Å². The number of fused-ring (bicyclic) bond motifs is 57. The van der Waals surface area contributed by atoms with Gasteiger partial charge in [-0.2, -0.15) is 0 Å². The van der Waals surface area contributed by atoms with Crippen LogP contribution in [0, 0.1) is 0 Å². The zero-order valence-electron chi connectivity index (χ0n) is 80.9. The Kier molecular flexibility index (Phi) is 17.9. The third-order valence-corrected chi connectivity index (χ3v) is 35.4. The van der Waals surface area contributed by atoms with Crippen molar-refractivity contribution in [3.8, 4) is 39.1 Å². The lowest BCUT2D eigenvalue weighted by atomic mass is 9.82. The first-order valence-corrected chi connectivity index (χ1v) is 53.0. The molecule has 3 aliphatic carbocycles. The number of nitrogens with one attached hydrogen (secondary N) is 3. The van der Waals surface area contributed by atoms with Gasteiger partial charge in [0.05, 0.1) is 38.6 Å². The second-order valence-corrected chi connectivity index (χ2v) is 43.1. The fourth-order valence-electron chi connectivity index (χ4n) is 26.5. The number of nitrogens with zero attached hydrogens (tertiary/aromatic N) is 1. The SMILES string of the molecule is CC1(C)c2ccccc2-c2c1ccc1c2[nH]c2c3ccccc3c3ccccc3c12.c1ccc(-n2c3cc4ccccc4cc3c3c4[nH]c5cc6ccccc6cc5c4ccc32)cc1.c1ccc2c(c1)Cc1c-2c2ccccc2c2sc3ccc4ccccc4c3c12.c1ccc2c(c1)Cc1c-2ccc2oc3c4ccccc4c4ccccc4c3c12.c1ccc2c(c1)ccc1c2[nH]c2c1c1ccccc1c1sc3ccccc3c21. The average molecular weight is 1920 g/mol. The lowest BCUT2D eigenvalue weighted by Crippen LogP contribution is -2.14. The maximum atomic E-state index is 6.50. The molecular weight excluding hydrogens is 1830 g/mol. The number of aromatic amines is 3. The van der Waals surface area contributed by atoms with E-state index < -0.39 is 0 Å². The predicted molar refractivity (Wildman–Crippen MR) is 637 cm³/mol. The molecule has 26 aromatic carbocycles. The van der Waals surface area contributed by atoms with E-state index in [4.69, 9.17) is 4.42 Å². The van der Waals surface area contributed by atoms with E-state index in [-0.39, 0.29) is 5.41 Å². The molecular formula is C141H88N4OS2. The summed E-state index contributed by atoms with van der Waals surface area (Å²) in [6.45, 7) is 4.69. The Hall–Kier alpha value is -18.2. The first-order valence-electron chi connectivity index (χ1n) is 51.4. The minimum atomic E-state index is 0.0154. The van der Waals surface area contributed by atoms with Crippen LogP contribution in [-0.4, -0.2) is 19.5 Å². The number of H-pyrrole nitrogens is 3. The van der Waals surface area contributed by atoms with Crippen molar-refractivity contribution in [2.45, 2.75) is 32.1 Å². The Morgan fingerprint density at radius 1 is 0.236 bits per heavy atom. The highest BCUT2D eigenvalue weighted by molar-refractivity contribution is 7.27. The highest BCUT2D eigenvalue weighted by atomic mass is 32.1. The quantitative estimate of drug-likeness (QED) is 0.141. The van der Waals surface area contributed by atoms with Crippen LogP contribution < -0.4 is 0 Å². The van der Waals surface area contributed by atoms with E-state index in [0.29, 0.717) is 0 Å². The van der Waals surface area contributed by atoms with Crippen LogP contribution in [0.4, 0.5) is 0 Å². The van der Waals surface area contributed by atoms with Gasteiger partial charge in [-0.25, -0.2) is 0 Å². The number of aromatic nitrogens is 4. The van der Waals surface area contributed by atoms with Crippen molar-refractivity contribution in [1.29, 1.82) is 0 Å². The maximum Gasteiger partial charge on any atom is 0.143 e. The molecule has 7 aromatic heterocycles. The van der Waals surface area contributed by atoms with Crippen molar-refractivity contribution in [3.05, 3.63) is 488 Å². The highest BCUT2D eigenvalue weighted by Crippen LogP contribution is 2.57. The molecule has 0 fully saturated rings. The standard InChI is InChI=1S/C32H20N2.C29H21N.C27H16O.C27H16S.C26H15NS/c1-2-12-24(13-3-1)34-29-15-14-25-26-16-20-8-4-6-10-22(20)18-28(26)33-32(25)31(29)27-17-21-9-5-7-11-23(21)19-30(27)34;1-29(2)23-14-8-7-13-21(23)26-24(29)16-15-22-25-19-11-5-3-9-17(19)18-10-4-6-12-20(18)27(25)30-28(22)26;1-2-8-17-16(7-1)15-23-20(17)13-14-24-25(23)26-21-11-5-3-9-18(21)19-10-4-6-12-22(19)27(26)28-24;1-3-9-18-16(7-1)13-14-23-25(18)26-22-15-17-8-2-4-10-19(17)24(22)20-11-5-6-12-21(20)27(26)28-23;1-2-8-16-15(7-1)13-14-20-22-17-9-3-4-10-18(17)26-23(25(22)27-24(16)20)19-11-5-6-12-21(19)28-26/h1-19,33H;3-16,30H,1-2H3;2*1-14H,15H2;1-14,27H. The van der Waals surface area contributed by atoms with Gasteiger partial charge in [0.25, 0.3) is 0 Å². The zero-order valence-corrected chi connectivity index (χ0v) is 82.5. The predicted octanol–water partition coefficient (Wildman–Crippen LogP) is 40.0. The Morgan fingerprint density at radius 3 is 1.45 bits per heavy atom. The van der Waals surface area contributed by atoms with Crippen LogP contribution in [0.2, 0.25) is 0 Å². The van der Waals surface area contributed by atoms with Crippen LogP contribution in [0.25, 0.3) is 296 Å². The molecule has 36 rings (SSSR count). The number of furan rings is 1. The van der Waals surface area contributed by atoms with Crippen LogP contribution in [0.15, 0.2) is 459 Å². The summed E-state index contributed by atoms with van der Waals surface area (Å²) in [4.78, 5) is 11.5. The molecule has 33 aromatic rings. The van der Waals surface area contributed by atoms with Crippen molar-refractivity contribution < 1.29 is 4.42 Å². The van der Waals surface area contributed by atoms with Crippen molar-refractivity contribution in [2.24, 2.45) is 0 Å². The lowest BCUT2D eigenvalue weighted by Gasteiger charge is -2.21. The van der Waals surface area contributed by atoms with Crippen molar-refractivity contribution in [2.75, 3.05) is 0 Å². The number of rotatable bonds is 1. The first-order chi connectivity index (χ1) is 73.2. The van der Waals surface area contributed by atoms with E-state index in [2.05, 4.69) is 488 Å². The molecule has 0 bridgehead atoms. The molecule has 690 valence electrons. The number of benzene rings is 26. The summed E-state index contributed by atoms with van der Waals surface area (Å²) in [7, 11) is 0. The summed E-state index contributed by atoms with van der Waals surface area (Å²) in [6.07, 6.45) is 2.00. The monoisotopic (exact) mass is 1920 g/mol. The lowest BCUT2D eigenvalue weighted by molar-refractivity contribution is 0.661. The van der Waals surface area contributed by atoms with E-state index in [9.17, 15) is 0 Å². The summed E-state index contributed by atoms with van der Waals surface area (Å²) >= 11 is 3.85. The average Bonchev–Trinajstić information content (AvgIpc) is 1.54. The van der Waals surface area contributed by atoms with Gasteiger partial charge in [0.15, 0.2) is 0 Å². The fraction of sp³-hybridized carbons (Fsp3) is 0.0355. The molecule has 0 atom stereocenters. The molecule has 0 saturated heterocycles. The molecule has 0 saturated carbocycles. The first kappa shape index (κ1) is 83.2. The molecule has 0 spiro atoms. The second-order valence-electron chi connectivity index (χ2n) is 41.0. The Morgan fingerprint density at radius 2 is 0.716 bits per heavy atom. The van der Waals surface area contributed by atoms with Gasteiger partial charge in [-0.3, -0.25) is 0 Å². The molecule has 7 heteroatoms. The Labute approximate surface area is 856 Å². The molecule has 148 heavy (non-hydrogen) atoms. The molecule has 3 N–H and O–H groups in total.